The summed E-state index contributed by atoms with van der Waals surface area (Å²) in [5.41, 5.74) is 0. The lowest BCUT2D eigenvalue weighted by Gasteiger charge is -2.30. The maximum atomic E-state index is 12.5. The summed E-state index contributed by atoms with van der Waals surface area (Å²) in [6.07, 6.45) is 0.667. The van der Waals surface area contributed by atoms with E-state index in [1.54, 1.807) is 11.0 Å². The number of carbonyl (C=O) groups excluding carboxylic acids is 1. The molecule has 2 aliphatic heterocycles. The lowest BCUT2D eigenvalue weighted by molar-refractivity contribution is -0.145. The van der Waals surface area contributed by atoms with Crippen LogP contribution in [0.5, 0.6) is 11.5 Å². The van der Waals surface area contributed by atoms with Crippen molar-refractivity contribution in [2.24, 2.45) is 5.92 Å². The Hall–Kier alpha value is -2.29. The number of carboxylic acid groups (broad SMARTS) is 1. The van der Waals surface area contributed by atoms with Crippen molar-refractivity contribution >= 4 is 21.7 Å². The Morgan fingerprint density at radius 3 is 2.42 bits per heavy atom. The highest BCUT2D eigenvalue weighted by atomic mass is 32.2. The summed E-state index contributed by atoms with van der Waals surface area (Å²) in [5, 5.41) is 8.98. The van der Waals surface area contributed by atoms with Gasteiger partial charge in [-0.3, -0.25) is 9.59 Å². The molecule has 1 saturated heterocycles. The largest absolute Gasteiger partial charge is 0.486 e. The number of carboxylic acids is 1. The molecular weight excluding hydrogens is 362 g/mol. The van der Waals surface area contributed by atoms with Crippen LogP contribution in [0.25, 0.3) is 0 Å². The normalized spacial score (nSPS) is 17.8. The molecule has 0 aromatic heterocycles. The molecule has 142 valence electrons. The number of likely N-dealkylation sites (tertiary alicyclic amines) is 1. The number of piperidine rings is 1. The van der Waals surface area contributed by atoms with Crippen LogP contribution in [0.15, 0.2) is 23.1 Å². The van der Waals surface area contributed by atoms with Crippen molar-refractivity contribution in [1.82, 2.24) is 4.90 Å². The number of aliphatic carboxylic acids is 1. The second-order valence-electron chi connectivity index (χ2n) is 6.37. The fraction of sp³-hybridized carbons (Fsp3) is 0.529. The number of hydrogen-bond acceptors (Lipinski definition) is 6. The van der Waals surface area contributed by atoms with Crippen LogP contribution in [-0.4, -0.2) is 62.4 Å². The van der Waals surface area contributed by atoms with Crippen LogP contribution >= 0.6 is 0 Å². The van der Waals surface area contributed by atoms with Gasteiger partial charge in [-0.2, -0.15) is 0 Å². The van der Waals surface area contributed by atoms with E-state index in [1.165, 1.54) is 12.1 Å². The topological polar surface area (TPSA) is 110 Å². The second-order valence-corrected chi connectivity index (χ2v) is 8.48. The van der Waals surface area contributed by atoms with Gasteiger partial charge in [-0.15, -0.1) is 0 Å². The summed E-state index contributed by atoms with van der Waals surface area (Å²) >= 11 is 0. The van der Waals surface area contributed by atoms with Crippen LogP contribution < -0.4 is 9.47 Å². The number of hydrogen-bond donors (Lipinski definition) is 1. The lowest BCUT2D eigenvalue weighted by Crippen LogP contribution is -2.40. The molecule has 0 atom stereocenters. The molecule has 1 N–H and O–H groups in total. The van der Waals surface area contributed by atoms with Gasteiger partial charge < -0.3 is 19.5 Å². The summed E-state index contributed by atoms with van der Waals surface area (Å²) in [4.78, 5) is 24.8. The molecule has 3 rings (SSSR count). The van der Waals surface area contributed by atoms with E-state index in [2.05, 4.69) is 0 Å². The maximum Gasteiger partial charge on any atom is 0.306 e. The monoisotopic (exact) mass is 383 g/mol. The smallest absolute Gasteiger partial charge is 0.306 e. The van der Waals surface area contributed by atoms with Crippen LogP contribution in [-0.2, 0) is 19.4 Å². The van der Waals surface area contributed by atoms with E-state index in [9.17, 15) is 18.0 Å². The number of nitrogens with zero attached hydrogens (tertiary/aromatic N) is 1. The standard InChI is InChI=1S/C17H21NO7S/c19-16(18-6-3-12(4-7-18)17(20)21)5-10-26(22,23)13-1-2-14-15(11-13)25-9-8-24-14/h1-2,11-12H,3-10H2,(H,20,21). The van der Waals surface area contributed by atoms with Crippen molar-refractivity contribution in [3.8, 4) is 11.5 Å². The fourth-order valence-electron chi connectivity index (χ4n) is 3.09. The van der Waals surface area contributed by atoms with E-state index in [0.717, 1.165) is 0 Å². The molecule has 2 heterocycles. The number of benzene rings is 1. The molecule has 0 unspecified atom stereocenters. The minimum atomic E-state index is -3.63. The Kier molecular flexibility index (Phi) is 5.36. The molecule has 0 aliphatic carbocycles. The van der Waals surface area contributed by atoms with E-state index in [4.69, 9.17) is 14.6 Å². The van der Waals surface area contributed by atoms with Gasteiger partial charge in [0.2, 0.25) is 5.91 Å². The summed E-state index contributed by atoms with van der Waals surface area (Å²) in [7, 11) is -3.63. The third kappa shape index (κ3) is 4.09. The van der Waals surface area contributed by atoms with Gasteiger partial charge in [0, 0.05) is 25.6 Å². The minimum absolute atomic E-state index is 0.0964. The molecule has 1 aromatic rings. The highest BCUT2D eigenvalue weighted by Crippen LogP contribution is 2.32. The number of sulfone groups is 1. The predicted octanol–water partition coefficient (Wildman–Crippen LogP) is 0.945. The second kappa shape index (κ2) is 7.53. The van der Waals surface area contributed by atoms with Gasteiger partial charge in [0.25, 0.3) is 0 Å². The third-order valence-corrected chi connectivity index (χ3v) is 6.37. The van der Waals surface area contributed by atoms with Gasteiger partial charge in [0.15, 0.2) is 21.3 Å². The van der Waals surface area contributed by atoms with Crippen molar-refractivity contribution in [3.63, 3.8) is 0 Å². The minimum Gasteiger partial charge on any atom is -0.486 e. The van der Waals surface area contributed by atoms with E-state index in [0.29, 0.717) is 50.6 Å². The Bertz CT molecular complexity index is 797. The van der Waals surface area contributed by atoms with Gasteiger partial charge in [0.05, 0.1) is 16.6 Å². The Balaban J connectivity index is 1.58. The van der Waals surface area contributed by atoms with Crippen LogP contribution in [0, 0.1) is 5.92 Å². The molecule has 8 nitrogen and oxygen atoms in total. The molecule has 0 bridgehead atoms. The third-order valence-electron chi connectivity index (χ3n) is 4.65. The van der Waals surface area contributed by atoms with Gasteiger partial charge in [-0.1, -0.05) is 0 Å². The highest BCUT2D eigenvalue weighted by Gasteiger charge is 2.28. The average molecular weight is 383 g/mol. The first-order valence-corrected chi connectivity index (χ1v) is 10.1. The van der Waals surface area contributed by atoms with Gasteiger partial charge >= 0.3 is 5.97 Å². The predicted molar refractivity (Wildman–Crippen MR) is 91.0 cm³/mol. The SMILES string of the molecule is O=C(O)C1CCN(C(=O)CCS(=O)(=O)c2ccc3c(c2)OCCO3)CC1. The maximum absolute atomic E-state index is 12.5. The van der Waals surface area contributed by atoms with Crippen LogP contribution in [0.4, 0.5) is 0 Å². The summed E-state index contributed by atoms with van der Waals surface area (Å²) < 4.78 is 35.8. The van der Waals surface area contributed by atoms with E-state index < -0.39 is 21.7 Å². The molecule has 0 saturated carbocycles. The van der Waals surface area contributed by atoms with Crippen molar-refractivity contribution in [2.45, 2.75) is 24.2 Å². The molecule has 0 radical (unpaired) electrons. The van der Waals surface area contributed by atoms with Crippen molar-refractivity contribution in [3.05, 3.63) is 18.2 Å². The van der Waals surface area contributed by atoms with Crippen LogP contribution in [0.1, 0.15) is 19.3 Å². The molecule has 1 aromatic carbocycles. The highest BCUT2D eigenvalue weighted by molar-refractivity contribution is 7.91. The van der Waals surface area contributed by atoms with Crippen LogP contribution in [0.3, 0.4) is 0 Å². The average Bonchev–Trinajstić information content (AvgIpc) is 2.65. The molecule has 1 amide bonds. The molecule has 2 aliphatic rings. The first-order valence-electron chi connectivity index (χ1n) is 8.50. The van der Waals surface area contributed by atoms with Crippen molar-refractivity contribution in [1.29, 1.82) is 0 Å². The van der Waals surface area contributed by atoms with E-state index in [1.807, 2.05) is 0 Å². The lowest BCUT2D eigenvalue weighted by atomic mass is 9.97. The van der Waals surface area contributed by atoms with E-state index >= 15 is 0 Å². The molecule has 0 spiro atoms. The fourth-order valence-corrected chi connectivity index (χ4v) is 4.33. The van der Waals surface area contributed by atoms with E-state index in [-0.39, 0.29) is 23.0 Å². The zero-order chi connectivity index (χ0) is 18.7. The van der Waals surface area contributed by atoms with Crippen molar-refractivity contribution in [2.75, 3.05) is 32.1 Å². The molecular formula is C17H21NO7S. The van der Waals surface area contributed by atoms with Gasteiger partial charge in [-0.05, 0) is 25.0 Å². The number of fused-ring (bicyclic) bond motifs is 1. The number of rotatable bonds is 5. The summed E-state index contributed by atoms with van der Waals surface area (Å²) in [6, 6.07) is 4.43. The van der Waals surface area contributed by atoms with Gasteiger partial charge in [-0.25, -0.2) is 8.42 Å². The summed E-state index contributed by atoms with van der Waals surface area (Å²) in [6.45, 7) is 1.48. The number of carbonyl (C=O) groups is 2. The Morgan fingerprint density at radius 2 is 1.77 bits per heavy atom. The number of amides is 1. The first-order chi connectivity index (χ1) is 12.4. The zero-order valence-corrected chi connectivity index (χ0v) is 15.0. The molecule has 26 heavy (non-hydrogen) atoms. The molecule has 9 heteroatoms. The molecule has 1 fully saturated rings. The Labute approximate surface area is 151 Å². The van der Waals surface area contributed by atoms with Gasteiger partial charge in [0.1, 0.15) is 13.2 Å². The Morgan fingerprint density at radius 1 is 1.12 bits per heavy atom. The van der Waals surface area contributed by atoms with Crippen LogP contribution in [0.2, 0.25) is 0 Å². The zero-order valence-electron chi connectivity index (χ0n) is 14.2. The van der Waals surface area contributed by atoms with Crippen molar-refractivity contribution < 1.29 is 32.6 Å². The number of ether oxygens (including phenoxy) is 2. The first kappa shape index (κ1) is 18.5. The quantitative estimate of drug-likeness (QED) is 0.806. The summed E-state index contributed by atoms with van der Waals surface area (Å²) in [5.74, 6) is -0.953.